The number of aromatic nitrogens is 1. The average Bonchev–Trinajstić information content (AvgIpc) is 3.30. The maximum absolute atomic E-state index is 13.3. The normalized spacial score (nSPS) is 15.1. The molecule has 1 heterocycles. The number of hydrogen-bond donors (Lipinski definition) is 7. The molecule has 40 heavy (non-hydrogen) atoms. The molecule has 0 aliphatic carbocycles. The Labute approximate surface area is 233 Å². The highest BCUT2D eigenvalue weighted by atomic mass is 16.4. The first-order chi connectivity index (χ1) is 18.8. The zero-order chi connectivity index (χ0) is 30.0. The van der Waals surface area contributed by atoms with Gasteiger partial charge in [-0.1, -0.05) is 52.3 Å². The molecule has 3 amide bonds. The molecular formula is C28H41N5O7. The number of para-hydroxylation sites is 1. The lowest BCUT2D eigenvalue weighted by Crippen LogP contribution is -2.58. The topological polar surface area (TPSA) is 204 Å². The van der Waals surface area contributed by atoms with E-state index < -0.39 is 60.2 Å². The van der Waals surface area contributed by atoms with Gasteiger partial charge in [-0.3, -0.25) is 19.2 Å². The first kappa shape index (κ1) is 32.3. The number of H-pyrrole nitrogens is 1. The van der Waals surface area contributed by atoms with Gasteiger partial charge in [0.05, 0.1) is 6.04 Å². The van der Waals surface area contributed by atoms with Crippen molar-refractivity contribution in [3.63, 3.8) is 0 Å². The molecule has 0 saturated heterocycles. The van der Waals surface area contributed by atoms with E-state index >= 15 is 0 Å². The highest BCUT2D eigenvalue weighted by Crippen LogP contribution is 2.19. The summed E-state index contributed by atoms with van der Waals surface area (Å²) in [5, 5.41) is 27.3. The van der Waals surface area contributed by atoms with Crippen molar-refractivity contribution in [2.75, 3.05) is 0 Å². The SMILES string of the molecule is CCC(C)C(NC(=O)C(CC(C)C)NC(=O)C(CCC(=O)O)NC(=O)C(N)Cc1c[nH]c2ccccc12)C(=O)O. The highest BCUT2D eigenvalue weighted by Gasteiger charge is 2.32. The van der Waals surface area contributed by atoms with Crippen LogP contribution >= 0.6 is 0 Å². The highest BCUT2D eigenvalue weighted by molar-refractivity contribution is 5.94. The fourth-order valence-electron chi connectivity index (χ4n) is 4.36. The molecule has 0 aliphatic heterocycles. The molecule has 0 fully saturated rings. The van der Waals surface area contributed by atoms with Crippen LogP contribution in [0.25, 0.3) is 10.9 Å². The van der Waals surface area contributed by atoms with E-state index in [9.17, 15) is 34.2 Å². The molecule has 0 saturated carbocycles. The van der Waals surface area contributed by atoms with E-state index in [0.717, 1.165) is 16.5 Å². The molecule has 220 valence electrons. The summed E-state index contributed by atoms with van der Waals surface area (Å²) in [6, 6.07) is 2.98. The lowest BCUT2D eigenvalue weighted by molar-refractivity contribution is -0.144. The maximum Gasteiger partial charge on any atom is 0.326 e. The van der Waals surface area contributed by atoms with Gasteiger partial charge in [0.25, 0.3) is 0 Å². The van der Waals surface area contributed by atoms with Gasteiger partial charge in [0.1, 0.15) is 18.1 Å². The third-order valence-corrected chi connectivity index (χ3v) is 6.85. The van der Waals surface area contributed by atoms with Crippen molar-refractivity contribution < 1.29 is 34.2 Å². The minimum absolute atomic E-state index is 0.0421. The van der Waals surface area contributed by atoms with Gasteiger partial charge in [-0.05, 0) is 42.7 Å². The second kappa shape index (κ2) is 15.0. The molecule has 5 unspecified atom stereocenters. The fraction of sp³-hybridized carbons (Fsp3) is 0.536. The van der Waals surface area contributed by atoms with Crippen molar-refractivity contribution in [2.24, 2.45) is 17.6 Å². The molecule has 5 atom stereocenters. The molecule has 12 nitrogen and oxygen atoms in total. The summed E-state index contributed by atoms with van der Waals surface area (Å²) in [7, 11) is 0. The number of benzene rings is 1. The number of carbonyl (C=O) groups excluding carboxylic acids is 3. The van der Waals surface area contributed by atoms with E-state index in [2.05, 4.69) is 20.9 Å². The molecule has 0 spiro atoms. The predicted molar refractivity (Wildman–Crippen MR) is 149 cm³/mol. The summed E-state index contributed by atoms with van der Waals surface area (Å²) in [4.78, 5) is 65.3. The summed E-state index contributed by atoms with van der Waals surface area (Å²) >= 11 is 0. The van der Waals surface area contributed by atoms with E-state index in [4.69, 9.17) is 5.73 Å². The van der Waals surface area contributed by atoms with Crippen LogP contribution in [0.3, 0.4) is 0 Å². The first-order valence-electron chi connectivity index (χ1n) is 13.5. The first-order valence-corrected chi connectivity index (χ1v) is 13.5. The van der Waals surface area contributed by atoms with Gasteiger partial charge in [-0.2, -0.15) is 0 Å². The molecule has 2 rings (SSSR count). The lowest BCUT2D eigenvalue weighted by Gasteiger charge is -2.27. The molecule has 8 N–H and O–H groups in total. The number of aliphatic carboxylic acids is 2. The Balaban J connectivity index is 2.17. The zero-order valence-electron chi connectivity index (χ0n) is 23.4. The van der Waals surface area contributed by atoms with E-state index in [-0.39, 0.29) is 31.1 Å². The van der Waals surface area contributed by atoms with Crippen molar-refractivity contribution in [3.8, 4) is 0 Å². The van der Waals surface area contributed by atoms with Crippen LogP contribution in [0.2, 0.25) is 0 Å². The fourth-order valence-corrected chi connectivity index (χ4v) is 4.36. The second-order valence-corrected chi connectivity index (χ2v) is 10.6. The Morgan fingerprint density at radius 1 is 0.925 bits per heavy atom. The number of hydrogen-bond acceptors (Lipinski definition) is 6. The number of nitrogens with one attached hydrogen (secondary N) is 4. The standard InChI is InChI=1S/C28H41N5O7/c1-5-16(4)24(28(39)40)33-27(38)22(12-15(2)3)32-26(37)21(10-11-23(34)35)31-25(36)19(29)13-17-14-30-20-9-7-6-8-18(17)20/h6-9,14-16,19,21-22,24,30H,5,10-13,29H2,1-4H3,(H,31,36)(H,32,37)(H,33,38)(H,34,35)(H,39,40). The van der Waals surface area contributed by atoms with Gasteiger partial charge in [-0.15, -0.1) is 0 Å². The Morgan fingerprint density at radius 3 is 2.15 bits per heavy atom. The monoisotopic (exact) mass is 559 g/mol. The van der Waals surface area contributed by atoms with Crippen LogP contribution in [-0.4, -0.2) is 69.0 Å². The molecule has 0 radical (unpaired) electrons. The van der Waals surface area contributed by atoms with Gasteiger partial charge in [0.15, 0.2) is 0 Å². The molecule has 1 aromatic carbocycles. The van der Waals surface area contributed by atoms with Crippen molar-refractivity contribution in [3.05, 3.63) is 36.0 Å². The Bertz CT molecular complexity index is 1190. The molecule has 0 aliphatic rings. The summed E-state index contributed by atoms with van der Waals surface area (Å²) in [5.74, 6) is -4.82. The number of nitrogens with two attached hydrogens (primary N) is 1. The molecule has 12 heteroatoms. The summed E-state index contributed by atoms with van der Waals surface area (Å²) in [6.45, 7) is 7.18. The number of amides is 3. The van der Waals surface area contributed by atoms with Gasteiger partial charge >= 0.3 is 11.9 Å². The third-order valence-electron chi connectivity index (χ3n) is 6.85. The van der Waals surface area contributed by atoms with Crippen LogP contribution in [0.4, 0.5) is 0 Å². The largest absolute Gasteiger partial charge is 0.481 e. The zero-order valence-corrected chi connectivity index (χ0v) is 23.4. The van der Waals surface area contributed by atoms with Crippen LogP contribution in [0, 0.1) is 11.8 Å². The Hall–Kier alpha value is -3.93. The molecule has 0 bridgehead atoms. The van der Waals surface area contributed by atoms with E-state index in [1.807, 2.05) is 38.1 Å². The van der Waals surface area contributed by atoms with Crippen molar-refractivity contribution in [1.29, 1.82) is 0 Å². The Morgan fingerprint density at radius 2 is 1.55 bits per heavy atom. The van der Waals surface area contributed by atoms with Crippen molar-refractivity contribution >= 4 is 40.6 Å². The molecule has 2 aromatic rings. The van der Waals surface area contributed by atoms with Gasteiger partial charge in [0, 0.05) is 23.5 Å². The quantitative estimate of drug-likeness (QED) is 0.160. The maximum atomic E-state index is 13.3. The Kier molecular flexibility index (Phi) is 12.1. The summed E-state index contributed by atoms with van der Waals surface area (Å²) < 4.78 is 0. The number of carbonyl (C=O) groups is 5. The van der Waals surface area contributed by atoms with Crippen LogP contribution in [0.5, 0.6) is 0 Å². The van der Waals surface area contributed by atoms with Crippen molar-refractivity contribution in [1.82, 2.24) is 20.9 Å². The van der Waals surface area contributed by atoms with E-state index in [1.165, 1.54) is 0 Å². The van der Waals surface area contributed by atoms with E-state index in [1.54, 1.807) is 20.0 Å². The molecular weight excluding hydrogens is 518 g/mol. The minimum Gasteiger partial charge on any atom is -0.481 e. The molecule has 1 aromatic heterocycles. The summed E-state index contributed by atoms with van der Waals surface area (Å²) in [6.07, 6.45) is 2.00. The van der Waals surface area contributed by atoms with E-state index in [0.29, 0.717) is 6.42 Å². The lowest BCUT2D eigenvalue weighted by atomic mass is 9.97. The summed E-state index contributed by atoms with van der Waals surface area (Å²) in [5.41, 5.74) is 7.85. The van der Waals surface area contributed by atoms with Gasteiger partial charge in [0.2, 0.25) is 17.7 Å². The number of aromatic amines is 1. The van der Waals surface area contributed by atoms with Crippen molar-refractivity contribution in [2.45, 2.75) is 84.0 Å². The van der Waals surface area contributed by atoms with Crippen LogP contribution in [-0.2, 0) is 30.4 Å². The minimum atomic E-state index is -1.27. The second-order valence-electron chi connectivity index (χ2n) is 10.6. The van der Waals surface area contributed by atoms with Gasteiger partial charge < -0.3 is 36.9 Å². The predicted octanol–water partition coefficient (Wildman–Crippen LogP) is 1.53. The number of fused-ring (bicyclic) bond motifs is 1. The van der Waals surface area contributed by atoms with Gasteiger partial charge in [-0.25, -0.2) is 4.79 Å². The number of rotatable bonds is 16. The average molecular weight is 560 g/mol. The van der Waals surface area contributed by atoms with Crippen LogP contribution < -0.4 is 21.7 Å². The third kappa shape index (κ3) is 9.37. The van der Waals surface area contributed by atoms with Crippen LogP contribution in [0.1, 0.15) is 58.9 Å². The van der Waals surface area contributed by atoms with Crippen LogP contribution in [0.15, 0.2) is 30.5 Å². The number of carboxylic acids is 2. The smallest absolute Gasteiger partial charge is 0.326 e. The number of carboxylic acid groups (broad SMARTS) is 2.